The number of nitrogens with zero attached hydrogens (tertiary/aromatic N) is 1. The van der Waals surface area contributed by atoms with Gasteiger partial charge in [-0.15, -0.1) is 11.3 Å². The number of rotatable bonds is 3. The van der Waals surface area contributed by atoms with Gasteiger partial charge < -0.3 is 10.2 Å². The number of furan rings is 1. The van der Waals surface area contributed by atoms with Gasteiger partial charge in [-0.25, -0.2) is 4.98 Å². The Bertz CT molecular complexity index is 700. The number of hydrogen-bond acceptors (Lipinski definition) is 4. The third-order valence-electron chi connectivity index (χ3n) is 3.05. The number of aryl methyl sites for hydroxylation is 1. The Kier molecular flexibility index (Phi) is 3.19. The molecule has 2 aromatic heterocycles. The lowest BCUT2D eigenvalue weighted by atomic mass is 10.1. The highest BCUT2D eigenvalue weighted by Gasteiger charge is 2.10. The molecule has 1 aromatic carbocycles. The largest absolute Gasteiger partial charge is 0.469 e. The van der Waals surface area contributed by atoms with E-state index < -0.39 is 0 Å². The molecule has 0 aliphatic carbocycles. The van der Waals surface area contributed by atoms with Gasteiger partial charge in [-0.3, -0.25) is 0 Å². The smallest absolute Gasteiger partial charge is 0.127 e. The lowest BCUT2D eigenvalue weighted by molar-refractivity contribution is 0.535. The minimum atomic E-state index is 0.547. The van der Waals surface area contributed by atoms with E-state index in [0.29, 0.717) is 6.54 Å². The molecule has 3 rings (SSSR count). The van der Waals surface area contributed by atoms with E-state index in [2.05, 4.69) is 22.5 Å². The lowest BCUT2D eigenvalue weighted by Crippen LogP contribution is -1.95. The first-order valence-corrected chi connectivity index (χ1v) is 6.95. The quantitative estimate of drug-likeness (QED) is 0.786. The van der Waals surface area contributed by atoms with Crippen molar-refractivity contribution >= 4 is 11.3 Å². The van der Waals surface area contributed by atoms with Crippen molar-refractivity contribution in [2.24, 2.45) is 5.73 Å². The summed E-state index contributed by atoms with van der Waals surface area (Å²) in [5.74, 6) is 0.900. The van der Waals surface area contributed by atoms with Gasteiger partial charge in [0, 0.05) is 17.5 Å². The highest BCUT2D eigenvalue weighted by Crippen LogP contribution is 2.31. The second-order valence-corrected chi connectivity index (χ2v) is 5.19. The van der Waals surface area contributed by atoms with Crippen LogP contribution in [0.1, 0.15) is 11.3 Å². The number of benzene rings is 1. The molecular formula is C15H14N2OS. The van der Waals surface area contributed by atoms with Gasteiger partial charge in [0.1, 0.15) is 10.8 Å². The monoisotopic (exact) mass is 270 g/mol. The lowest BCUT2D eigenvalue weighted by Gasteiger charge is -2.00. The van der Waals surface area contributed by atoms with Crippen molar-refractivity contribution in [2.75, 3.05) is 0 Å². The van der Waals surface area contributed by atoms with Crippen LogP contribution in [-0.4, -0.2) is 4.98 Å². The fourth-order valence-electron chi connectivity index (χ4n) is 1.99. The van der Waals surface area contributed by atoms with Crippen molar-refractivity contribution in [3.05, 3.63) is 53.3 Å². The van der Waals surface area contributed by atoms with Gasteiger partial charge in [0.25, 0.3) is 0 Å². The van der Waals surface area contributed by atoms with E-state index >= 15 is 0 Å². The standard InChI is InChI=1S/C15H14N2OS/c1-10-13(5-6-18-10)15-17-14(9-19-15)12-4-2-3-11(7-12)8-16/h2-7,9H,8,16H2,1H3. The summed E-state index contributed by atoms with van der Waals surface area (Å²) in [5.41, 5.74) is 9.93. The molecule has 0 unspecified atom stereocenters. The molecule has 0 aliphatic heterocycles. The van der Waals surface area contributed by atoms with Crippen LogP contribution in [0.4, 0.5) is 0 Å². The van der Waals surface area contributed by atoms with Gasteiger partial charge in [0.2, 0.25) is 0 Å². The molecule has 2 heterocycles. The summed E-state index contributed by atoms with van der Waals surface area (Å²) in [5, 5.41) is 3.05. The molecule has 3 aromatic rings. The maximum atomic E-state index is 5.67. The third-order valence-corrected chi connectivity index (χ3v) is 3.93. The van der Waals surface area contributed by atoms with Crippen molar-refractivity contribution < 1.29 is 4.42 Å². The Morgan fingerprint density at radius 1 is 1.32 bits per heavy atom. The summed E-state index contributed by atoms with van der Waals surface area (Å²) >= 11 is 1.63. The fourth-order valence-corrected chi connectivity index (χ4v) is 2.90. The average Bonchev–Trinajstić information content (AvgIpc) is 3.07. The summed E-state index contributed by atoms with van der Waals surface area (Å²) in [7, 11) is 0. The summed E-state index contributed by atoms with van der Waals surface area (Å²) in [6.45, 7) is 2.50. The molecule has 3 nitrogen and oxygen atoms in total. The summed E-state index contributed by atoms with van der Waals surface area (Å²) in [4.78, 5) is 4.68. The van der Waals surface area contributed by atoms with Crippen LogP contribution in [0, 0.1) is 6.92 Å². The van der Waals surface area contributed by atoms with Gasteiger partial charge in [-0.1, -0.05) is 18.2 Å². The Balaban J connectivity index is 1.99. The first kappa shape index (κ1) is 12.1. The van der Waals surface area contributed by atoms with Crippen LogP contribution in [0.2, 0.25) is 0 Å². The van der Waals surface area contributed by atoms with E-state index in [1.807, 2.05) is 25.1 Å². The molecule has 0 aliphatic rings. The number of nitrogens with two attached hydrogens (primary N) is 1. The molecule has 2 N–H and O–H groups in total. The maximum absolute atomic E-state index is 5.67. The molecule has 0 spiro atoms. The maximum Gasteiger partial charge on any atom is 0.127 e. The molecule has 0 amide bonds. The molecule has 0 atom stereocenters. The molecule has 19 heavy (non-hydrogen) atoms. The van der Waals surface area contributed by atoms with Crippen molar-refractivity contribution in [2.45, 2.75) is 13.5 Å². The molecule has 96 valence electrons. The number of aromatic nitrogens is 1. The van der Waals surface area contributed by atoms with E-state index in [9.17, 15) is 0 Å². The van der Waals surface area contributed by atoms with E-state index in [1.54, 1.807) is 17.6 Å². The molecule has 0 bridgehead atoms. The van der Waals surface area contributed by atoms with Gasteiger partial charge in [-0.2, -0.15) is 0 Å². The normalized spacial score (nSPS) is 10.8. The highest BCUT2D eigenvalue weighted by atomic mass is 32.1. The van der Waals surface area contributed by atoms with Crippen molar-refractivity contribution in [1.29, 1.82) is 0 Å². The minimum absolute atomic E-state index is 0.547. The van der Waals surface area contributed by atoms with Crippen LogP contribution in [0.25, 0.3) is 21.8 Å². The van der Waals surface area contributed by atoms with Crippen molar-refractivity contribution in [3.8, 4) is 21.8 Å². The summed E-state index contributed by atoms with van der Waals surface area (Å²) in [6.07, 6.45) is 1.70. The molecular weight excluding hydrogens is 256 g/mol. The van der Waals surface area contributed by atoms with E-state index in [1.165, 1.54) is 0 Å². The molecule has 0 fully saturated rings. The second-order valence-electron chi connectivity index (χ2n) is 4.33. The van der Waals surface area contributed by atoms with E-state index in [4.69, 9.17) is 10.2 Å². The van der Waals surface area contributed by atoms with Gasteiger partial charge in [0.05, 0.1) is 17.5 Å². The zero-order valence-corrected chi connectivity index (χ0v) is 11.4. The number of thiazole rings is 1. The van der Waals surface area contributed by atoms with Gasteiger partial charge in [-0.05, 0) is 24.6 Å². The van der Waals surface area contributed by atoms with E-state index in [-0.39, 0.29) is 0 Å². The van der Waals surface area contributed by atoms with E-state index in [0.717, 1.165) is 33.2 Å². The molecule has 0 saturated heterocycles. The fraction of sp³-hybridized carbons (Fsp3) is 0.133. The summed E-state index contributed by atoms with van der Waals surface area (Å²) < 4.78 is 5.32. The van der Waals surface area contributed by atoms with Gasteiger partial charge in [0.15, 0.2) is 0 Å². The second kappa shape index (κ2) is 4.99. The van der Waals surface area contributed by atoms with Crippen LogP contribution < -0.4 is 5.73 Å². The van der Waals surface area contributed by atoms with Crippen molar-refractivity contribution in [1.82, 2.24) is 4.98 Å². The number of hydrogen-bond donors (Lipinski definition) is 1. The summed E-state index contributed by atoms with van der Waals surface area (Å²) in [6, 6.07) is 10.1. The van der Waals surface area contributed by atoms with Crippen LogP contribution >= 0.6 is 11.3 Å². The Labute approximate surface area is 115 Å². The topological polar surface area (TPSA) is 52.0 Å². The zero-order valence-electron chi connectivity index (χ0n) is 10.6. The Morgan fingerprint density at radius 2 is 2.21 bits per heavy atom. The first-order valence-electron chi connectivity index (χ1n) is 6.07. The van der Waals surface area contributed by atoms with Gasteiger partial charge >= 0.3 is 0 Å². The van der Waals surface area contributed by atoms with Crippen LogP contribution in [0.3, 0.4) is 0 Å². The van der Waals surface area contributed by atoms with Crippen LogP contribution in [0.5, 0.6) is 0 Å². The highest BCUT2D eigenvalue weighted by molar-refractivity contribution is 7.13. The van der Waals surface area contributed by atoms with Crippen molar-refractivity contribution in [3.63, 3.8) is 0 Å². The Morgan fingerprint density at radius 3 is 2.95 bits per heavy atom. The molecule has 4 heteroatoms. The predicted molar refractivity (Wildman–Crippen MR) is 77.9 cm³/mol. The molecule has 0 radical (unpaired) electrons. The van der Waals surface area contributed by atoms with Crippen LogP contribution in [0.15, 0.2) is 46.4 Å². The predicted octanol–water partition coefficient (Wildman–Crippen LogP) is 3.84. The Hall–Kier alpha value is -1.91. The molecule has 0 saturated carbocycles. The minimum Gasteiger partial charge on any atom is -0.469 e. The third kappa shape index (κ3) is 2.32. The average molecular weight is 270 g/mol. The zero-order chi connectivity index (χ0) is 13.2. The first-order chi connectivity index (χ1) is 9.28. The van der Waals surface area contributed by atoms with Crippen LogP contribution in [-0.2, 0) is 6.54 Å². The SMILES string of the molecule is Cc1occc1-c1nc(-c2cccc(CN)c2)cs1.